The highest BCUT2D eigenvalue weighted by atomic mass is 32.1. The van der Waals surface area contributed by atoms with Crippen LogP contribution in [0.15, 0.2) is 84.9 Å². The zero-order valence-corrected chi connectivity index (χ0v) is 15.8. The molecule has 0 spiro atoms. The van der Waals surface area contributed by atoms with E-state index in [1.54, 1.807) is 0 Å². The number of benzene rings is 5. The van der Waals surface area contributed by atoms with E-state index in [1.165, 1.54) is 63.5 Å². The van der Waals surface area contributed by atoms with Gasteiger partial charge in [0.2, 0.25) is 0 Å². The van der Waals surface area contributed by atoms with Gasteiger partial charge in [-0.1, -0.05) is 72.8 Å². The van der Waals surface area contributed by atoms with E-state index < -0.39 is 0 Å². The second-order valence-corrected chi connectivity index (χ2v) is 8.48. The summed E-state index contributed by atoms with van der Waals surface area (Å²) >= 11 is 1.92. The van der Waals surface area contributed by atoms with Crippen molar-refractivity contribution in [1.29, 1.82) is 0 Å². The van der Waals surface area contributed by atoms with Gasteiger partial charge in [0.1, 0.15) is 0 Å². The third-order valence-electron chi connectivity index (χ3n) is 5.98. The first kappa shape index (κ1) is 14.7. The van der Waals surface area contributed by atoms with Crippen molar-refractivity contribution in [3.05, 3.63) is 84.9 Å². The van der Waals surface area contributed by atoms with Crippen LogP contribution >= 0.6 is 11.3 Å². The highest BCUT2D eigenvalue weighted by molar-refractivity contribution is 7.27. The minimum absolute atomic E-state index is 1.20. The van der Waals surface area contributed by atoms with Crippen molar-refractivity contribution in [3.63, 3.8) is 0 Å². The van der Waals surface area contributed by atoms with Gasteiger partial charge in [0.25, 0.3) is 0 Å². The summed E-state index contributed by atoms with van der Waals surface area (Å²) in [6.45, 7) is 0. The zero-order valence-electron chi connectivity index (χ0n) is 15.0. The summed E-state index contributed by atoms with van der Waals surface area (Å²) in [5, 5.41) is 10.7. The van der Waals surface area contributed by atoms with Gasteiger partial charge in [-0.2, -0.15) is 0 Å². The van der Waals surface area contributed by atoms with E-state index in [0.717, 1.165) is 0 Å². The van der Waals surface area contributed by atoms with Crippen LogP contribution in [-0.4, -0.2) is 4.98 Å². The number of aromatic amines is 1. The van der Waals surface area contributed by atoms with Gasteiger partial charge in [0, 0.05) is 47.2 Å². The first-order valence-corrected chi connectivity index (χ1v) is 10.4. The lowest BCUT2D eigenvalue weighted by atomic mass is 9.97. The molecule has 2 aromatic heterocycles. The Morgan fingerprint density at radius 1 is 0.536 bits per heavy atom. The van der Waals surface area contributed by atoms with Crippen LogP contribution in [0.1, 0.15) is 0 Å². The van der Waals surface area contributed by atoms with Crippen molar-refractivity contribution in [2.24, 2.45) is 0 Å². The summed E-state index contributed by atoms with van der Waals surface area (Å²) in [5.74, 6) is 0. The predicted octanol–water partition coefficient (Wildman–Crippen LogP) is 8.00. The van der Waals surface area contributed by atoms with Gasteiger partial charge in [0.15, 0.2) is 0 Å². The summed E-state index contributed by atoms with van der Waals surface area (Å²) in [6.07, 6.45) is 0. The molecule has 0 unspecified atom stereocenters. The molecule has 7 aromatic rings. The minimum atomic E-state index is 1.20. The van der Waals surface area contributed by atoms with Crippen LogP contribution in [0, 0.1) is 0 Å². The van der Waals surface area contributed by atoms with Gasteiger partial charge in [-0.25, -0.2) is 0 Å². The maximum Gasteiger partial charge on any atom is 0.0551 e. The summed E-state index contributed by atoms with van der Waals surface area (Å²) in [4.78, 5) is 3.72. The molecule has 0 amide bonds. The van der Waals surface area contributed by atoms with Gasteiger partial charge in [0.05, 0.1) is 5.52 Å². The van der Waals surface area contributed by atoms with Gasteiger partial charge < -0.3 is 4.98 Å². The Bertz CT molecular complexity index is 1720. The van der Waals surface area contributed by atoms with Crippen molar-refractivity contribution in [2.75, 3.05) is 0 Å². The molecular weight excluding hydrogens is 358 g/mol. The van der Waals surface area contributed by atoms with Crippen molar-refractivity contribution in [2.45, 2.75) is 0 Å². The molecule has 0 atom stereocenters. The molecule has 2 heterocycles. The molecule has 1 nitrogen and oxygen atoms in total. The van der Waals surface area contributed by atoms with Crippen LogP contribution in [0.5, 0.6) is 0 Å². The Morgan fingerprint density at radius 3 is 2.14 bits per heavy atom. The van der Waals surface area contributed by atoms with E-state index in [9.17, 15) is 0 Å². The Balaban J connectivity index is 1.94. The number of H-pyrrole nitrogens is 1. The molecule has 1 N–H and O–H groups in total. The largest absolute Gasteiger partial charge is 0.354 e. The monoisotopic (exact) mass is 373 g/mol. The number of fused-ring (bicyclic) bond motifs is 12. The molecule has 0 bridgehead atoms. The number of thiophene rings is 1. The molecule has 0 saturated carbocycles. The molecule has 0 aliphatic rings. The number of nitrogens with one attached hydrogen (secondary N) is 1. The van der Waals surface area contributed by atoms with Crippen LogP contribution in [0.2, 0.25) is 0 Å². The quantitative estimate of drug-likeness (QED) is 0.277. The van der Waals surface area contributed by atoms with Crippen molar-refractivity contribution in [1.82, 2.24) is 4.98 Å². The Labute approximate surface area is 164 Å². The second kappa shape index (κ2) is 5.12. The average Bonchev–Trinajstić information content (AvgIpc) is 3.33. The standard InChI is InChI=1S/C26H15NS/c1-2-8-16-15(7-1)13-14-21-22(16)24-23-19-11-5-6-12-20(19)27-25(23)17-9-3-4-10-18(17)26(24)28-21/h1-14,27H. The van der Waals surface area contributed by atoms with E-state index in [0.29, 0.717) is 0 Å². The van der Waals surface area contributed by atoms with Crippen LogP contribution in [0.4, 0.5) is 0 Å². The van der Waals surface area contributed by atoms with Gasteiger partial charge in [-0.15, -0.1) is 11.3 Å². The lowest BCUT2D eigenvalue weighted by molar-refractivity contribution is 1.57. The first-order valence-electron chi connectivity index (χ1n) is 9.55. The van der Waals surface area contributed by atoms with Crippen LogP contribution in [0.25, 0.3) is 63.5 Å². The molecule has 0 fully saturated rings. The van der Waals surface area contributed by atoms with E-state index in [4.69, 9.17) is 0 Å². The Kier molecular flexibility index (Phi) is 2.68. The molecule has 2 heteroatoms. The summed E-state index contributed by atoms with van der Waals surface area (Å²) in [5.41, 5.74) is 2.45. The fourth-order valence-corrected chi connectivity index (χ4v) is 6.06. The van der Waals surface area contributed by atoms with Crippen LogP contribution in [0.3, 0.4) is 0 Å². The lowest BCUT2D eigenvalue weighted by Gasteiger charge is -2.05. The molecule has 28 heavy (non-hydrogen) atoms. The average molecular weight is 373 g/mol. The Morgan fingerprint density at radius 2 is 1.25 bits per heavy atom. The van der Waals surface area contributed by atoms with Gasteiger partial charge in [-0.05, 0) is 22.9 Å². The maximum absolute atomic E-state index is 3.72. The fraction of sp³-hybridized carbons (Fsp3) is 0. The maximum atomic E-state index is 3.72. The summed E-state index contributed by atoms with van der Waals surface area (Å²) in [6, 6.07) is 30.8. The predicted molar refractivity (Wildman–Crippen MR) is 124 cm³/mol. The number of rotatable bonds is 0. The zero-order chi connectivity index (χ0) is 18.2. The van der Waals surface area contributed by atoms with Crippen LogP contribution < -0.4 is 0 Å². The molecule has 5 aromatic carbocycles. The molecule has 0 aliphatic carbocycles. The van der Waals surface area contributed by atoms with E-state index >= 15 is 0 Å². The number of para-hydroxylation sites is 1. The summed E-state index contributed by atoms with van der Waals surface area (Å²) in [7, 11) is 0. The smallest absolute Gasteiger partial charge is 0.0551 e. The third kappa shape index (κ3) is 1.71. The van der Waals surface area contributed by atoms with E-state index in [-0.39, 0.29) is 0 Å². The van der Waals surface area contributed by atoms with Crippen molar-refractivity contribution < 1.29 is 0 Å². The lowest BCUT2D eigenvalue weighted by Crippen LogP contribution is -1.79. The summed E-state index contributed by atoms with van der Waals surface area (Å²) < 4.78 is 2.75. The third-order valence-corrected chi connectivity index (χ3v) is 7.17. The molecule has 0 saturated heterocycles. The topological polar surface area (TPSA) is 15.8 Å². The highest BCUT2D eigenvalue weighted by Crippen LogP contribution is 2.47. The minimum Gasteiger partial charge on any atom is -0.354 e. The van der Waals surface area contributed by atoms with E-state index in [2.05, 4.69) is 89.9 Å². The molecule has 0 aliphatic heterocycles. The number of hydrogen-bond acceptors (Lipinski definition) is 1. The Hall–Kier alpha value is -3.36. The molecule has 130 valence electrons. The normalized spacial score (nSPS) is 12.3. The molecule has 0 radical (unpaired) electrons. The number of hydrogen-bond donors (Lipinski definition) is 1. The van der Waals surface area contributed by atoms with Crippen molar-refractivity contribution >= 4 is 74.9 Å². The molecule has 7 rings (SSSR count). The molecular formula is C26H15NS. The number of aromatic nitrogens is 1. The first-order chi connectivity index (χ1) is 13.9. The van der Waals surface area contributed by atoms with Crippen LogP contribution in [-0.2, 0) is 0 Å². The van der Waals surface area contributed by atoms with Gasteiger partial charge in [-0.3, -0.25) is 0 Å². The van der Waals surface area contributed by atoms with Crippen molar-refractivity contribution in [3.8, 4) is 0 Å². The second-order valence-electron chi connectivity index (χ2n) is 7.43. The van der Waals surface area contributed by atoms with Gasteiger partial charge >= 0.3 is 0 Å². The SMILES string of the molecule is c1ccc2c(c1)ccc1sc3c4ccccc4c4[nH]c5ccccc5c4c3c12. The highest BCUT2D eigenvalue weighted by Gasteiger charge is 2.18. The fourth-order valence-electron chi connectivity index (χ4n) is 4.80. The van der Waals surface area contributed by atoms with E-state index in [1.807, 2.05) is 11.3 Å².